The molecule has 4 aromatic rings. The number of nitrogens with one attached hydrogen (secondary N) is 1. The number of hydrogen-bond acceptors (Lipinski definition) is 7. The van der Waals surface area contributed by atoms with Crippen molar-refractivity contribution in [1.82, 2.24) is 24.4 Å². The molecule has 0 unspecified atom stereocenters. The van der Waals surface area contributed by atoms with E-state index < -0.39 is 0 Å². The van der Waals surface area contributed by atoms with Gasteiger partial charge in [-0.1, -0.05) is 22.9 Å². The Balaban J connectivity index is 1.59. The van der Waals surface area contributed by atoms with E-state index in [0.29, 0.717) is 44.4 Å². The minimum Gasteiger partial charge on any atom is -0.494 e. The molecular formula is C21H19ClN6O2S. The second kappa shape index (κ2) is 8.44. The fourth-order valence-corrected chi connectivity index (χ4v) is 3.75. The third-order valence-electron chi connectivity index (χ3n) is 4.89. The van der Waals surface area contributed by atoms with Gasteiger partial charge in [-0.2, -0.15) is 9.36 Å². The molecule has 2 heterocycles. The summed E-state index contributed by atoms with van der Waals surface area (Å²) in [7, 11) is 1.58. The molecule has 0 spiro atoms. The summed E-state index contributed by atoms with van der Waals surface area (Å²) in [5.41, 5.74) is 4.62. The summed E-state index contributed by atoms with van der Waals surface area (Å²) in [5.74, 6) is 0.747. The van der Waals surface area contributed by atoms with Gasteiger partial charge in [0.1, 0.15) is 11.4 Å². The van der Waals surface area contributed by atoms with Crippen molar-refractivity contribution in [2.75, 3.05) is 12.4 Å². The molecule has 0 bridgehead atoms. The van der Waals surface area contributed by atoms with Crippen molar-refractivity contribution in [3.8, 4) is 23.0 Å². The Morgan fingerprint density at radius 3 is 2.68 bits per heavy atom. The first-order chi connectivity index (χ1) is 14.9. The Kier molecular flexibility index (Phi) is 5.71. The summed E-state index contributed by atoms with van der Waals surface area (Å²) < 4.78 is 11.4. The first-order valence-corrected chi connectivity index (χ1v) is 10.5. The van der Waals surface area contributed by atoms with E-state index in [-0.39, 0.29) is 5.91 Å². The number of carbonyl (C=O) groups is 1. The van der Waals surface area contributed by atoms with E-state index in [1.165, 1.54) is 0 Å². The molecule has 0 atom stereocenters. The lowest BCUT2D eigenvalue weighted by molar-refractivity contribution is 0.102. The van der Waals surface area contributed by atoms with Crippen molar-refractivity contribution < 1.29 is 9.53 Å². The van der Waals surface area contributed by atoms with Crippen molar-refractivity contribution in [3.63, 3.8) is 0 Å². The number of halogens is 1. The van der Waals surface area contributed by atoms with E-state index in [9.17, 15) is 4.79 Å². The van der Waals surface area contributed by atoms with Crippen LogP contribution < -0.4 is 10.1 Å². The lowest BCUT2D eigenvalue weighted by Crippen LogP contribution is -2.12. The number of benzene rings is 2. The van der Waals surface area contributed by atoms with Crippen molar-refractivity contribution in [3.05, 3.63) is 63.8 Å². The largest absolute Gasteiger partial charge is 0.494 e. The van der Waals surface area contributed by atoms with Crippen molar-refractivity contribution in [2.24, 2.45) is 0 Å². The topological polar surface area (TPSA) is 94.8 Å². The highest BCUT2D eigenvalue weighted by molar-refractivity contribution is 7.10. The molecule has 0 aliphatic carbocycles. The zero-order valence-corrected chi connectivity index (χ0v) is 18.9. The molecule has 0 aliphatic rings. The third-order valence-corrected chi connectivity index (χ3v) is 5.76. The van der Waals surface area contributed by atoms with E-state index in [1.807, 2.05) is 32.9 Å². The molecule has 4 rings (SSSR count). The molecule has 0 radical (unpaired) electrons. The number of amides is 1. The van der Waals surface area contributed by atoms with Gasteiger partial charge in [0.25, 0.3) is 5.91 Å². The molecule has 10 heteroatoms. The molecule has 31 heavy (non-hydrogen) atoms. The number of rotatable bonds is 5. The smallest absolute Gasteiger partial charge is 0.257 e. The predicted molar refractivity (Wildman–Crippen MR) is 120 cm³/mol. The lowest BCUT2D eigenvalue weighted by Gasteiger charge is -2.09. The summed E-state index contributed by atoms with van der Waals surface area (Å²) in [6.07, 6.45) is 0. The average Bonchev–Trinajstić information content (AvgIpc) is 3.36. The first-order valence-electron chi connectivity index (χ1n) is 9.36. The average molecular weight is 455 g/mol. The highest BCUT2D eigenvalue weighted by Gasteiger charge is 2.19. The molecule has 8 nitrogen and oxygen atoms in total. The normalized spacial score (nSPS) is 10.9. The van der Waals surface area contributed by atoms with Gasteiger partial charge in [0.15, 0.2) is 11.5 Å². The molecule has 158 valence electrons. The van der Waals surface area contributed by atoms with E-state index >= 15 is 0 Å². The summed E-state index contributed by atoms with van der Waals surface area (Å²) in [5, 5.41) is 12.2. The number of aryl methyl sites for hydroxylation is 2. The summed E-state index contributed by atoms with van der Waals surface area (Å²) in [6, 6.07) is 10.8. The van der Waals surface area contributed by atoms with Gasteiger partial charge in [0, 0.05) is 22.1 Å². The van der Waals surface area contributed by atoms with Gasteiger partial charge in [0.05, 0.1) is 12.8 Å². The minimum atomic E-state index is -0.241. The van der Waals surface area contributed by atoms with Crippen LogP contribution >= 0.6 is 23.1 Å². The van der Waals surface area contributed by atoms with Crippen LogP contribution in [0.15, 0.2) is 36.4 Å². The molecule has 1 N–H and O–H groups in total. The Bertz CT molecular complexity index is 1280. The Morgan fingerprint density at radius 1 is 1.13 bits per heavy atom. The second-order valence-electron chi connectivity index (χ2n) is 6.93. The van der Waals surface area contributed by atoms with Gasteiger partial charge in [-0.25, -0.2) is 4.68 Å². The van der Waals surface area contributed by atoms with Gasteiger partial charge < -0.3 is 4.74 Å². The van der Waals surface area contributed by atoms with Crippen LogP contribution in [0.3, 0.4) is 0 Å². The van der Waals surface area contributed by atoms with Crippen molar-refractivity contribution in [2.45, 2.75) is 20.8 Å². The van der Waals surface area contributed by atoms with Gasteiger partial charge >= 0.3 is 0 Å². The van der Waals surface area contributed by atoms with Gasteiger partial charge in [-0.3, -0.25) is 10.1 Å². The quantitative estimate of drug-likeness (QED) is 0.472. The highest BCUT2D eigenvalue weighted by atomic mass is 35.5. The summed E-state index contributed by atoms with van der Waals surface area (Å²) in [4.78, 5) is 17.0. The van der Waals surface area contributed by atoms with E-state index in [4.69, 9.17) is 16.3 Å². The number of ether oxygens (including phenoxy) is 1. The van der Waals surface area contributed by atoms with Crippen LogP contribution in [-0.2, 0) is 0 Å². The zero-order valence-electron chi connectivity index (χ0n) is 17.3. The molecule has 1 amide bonds. The van der Waals surface area contributed by atoms with E-state index in [0.717, 1.165) is 22.7 Å². The first kappa shape index (κ1) is 21.0. The van der Waals surface area contributed by atoms with Crippen molar-refractivity contribution in [1.29, 1.82) is 0 Å². The summed E-state index contributed by atoms with van der Waals surface area (Å²) in [6.45, 7) is 5.82. The highest BCUT2D eigenvalue weighted by Crippen LogP contribution is 2.29. The van der Waals surface area contributed by atoms with Gasteiger partial charge in [0.2, 0.25) is 5.13 Å². The van der Waals surface area contributed by atoms with Crippen LogP contribution in [0.25, 0.3) is 17.2 Å². The molecule has 0 saturated carbocycles. The maximum Gasteiger partial charge on any atom is 0.257 e. The SMILES string of the molecule is COc1ccc(Cl)cc1-n1nnc(-c2nsc(NC(=O)c3ccc(C)c(C)c3)n2)c1C. The molecule has 2 aromatic heterocycles. The Morgan fingerprint density at radius 2 is 1.94 bits per heavy atom. The Hall–Kier alpha value is -3.30. The number of methoxy groups -OCH3 is 1. The zero-order chi connectivity index (χ0) is 22.1. The number of anilines is 1. The maximum atomic E-state index is 12.6. The number of hydrogen-bond donors (Lipinski definition) is 1. The van der Waals surface area contributed by atoms with Crippen LogP contribution in [0.5, 0.6) is 5.75 Å². The maximum absolute atomic E-state index is 12.6. The standard InChI is InChI=1S/C21H19ClN6O2S/c1-11-5-6-14(9-12(11)2)20(29)24-21-23-19(26-31-21)18-13(3)28(27-25-18)16-10-15(22)7-8-17(16)30-4/h5-10H,1-4H3,(H,23,24,26,29). The van der Waals surface area contributed by atoms with E-state index in [1.54, 1.807) is 36.1 Å². The second-order valence-corrected chi connectivity index (χ2v) is 8.12. The summed E-state index contributed by atoms with van der Waals surface area (Å²) >= 11 is 7.22. The van der Waals surface area contributed by atoms with Crippen LogP contribution in [0.2, 0.25) is 5.02 Å². The molecule has 0 fully saturated rings. The fourth-order valence-electron chi connectivity index (χ4n) is 3.02. The fraction of sp³-hybridized carbons (Fsp3) is 0.190. The van der Waals surface area contributed by atoms with Crippen LogP contribution in [-0.4, -0.2) is 37.4 Å². The van der Waals surface area contributed by atoms with E-state index in [2.05, 4.69) is 25.0 Å². The van der Waals surface area contributed by atoms with Crippen LogP contribution in [0.1, 0.15) is 27.2 Å². The molecule has 0 aliphatic heterocycles. The van der Waals surface area contributed by atoms with Crippen LogP contribution in [0, 0.1) is 20.8 Å². The minimum absolute atomic E-state index is 0.241. The third kappa shape index (κ3) is 4.14. The monoisotopic (exact) mass is 454 g/mol. The molecule has 0 saturated heterocycles. The predicted octanol–water partition coefficient (Wildman–Crippen LogP) is 4.63. The van der Waals surface area contributed by atoms with Gasteiger partial charge in [-0.05, 0) is 62.2 Å². The number of aromatic nitrogens is 5. The Labute approximate surface area is 188 Å². The van der Waals surface area contributed by atoms with Crippen LogP contribution in [0.4, 0.5) is 5.13 Å². The lowest BCUT2D eigenvalue weighted by atomic mass is 10.1. The number of nitrogens with zero attached hydrogens (tertiary/aromatic N) is 5. The van der Waals surface area contributed by atoms with Gasteiger partial charge in [-0.15, -0.1) is 5.10 Å². The van der Waals surface area contributed by atoms with Crippen molar-refractivity contribution >= 4 is 34.2 Å². The molecule has 2 aromatic carbocycles. The number of carbonyl (C=O) groups excluding carboxylic acids is 1. The molecular weight excluding hydrogens is 436 g/mol.